The van der Waals surface area contributed by atoms with E-state index in [9.17, 15) is 14.4 Å². The fourth-order valence-corrected chi connectivity index (χ4v) is 2.74. The Bertz CT molecular complexity index is 1020. The van der Waals surface area contributed by atoms with Crippen LogP contribution in [0.25, 0.3) is 0 Å². The Labute approximate surface area is 168 Å². The number of carbonyl (C=O) groups is 3. The van der Waals surface area contributed by atoms with E-state index in [0.29, 0.717) is 16.8 Å². The number of amides is 3. The Kier molecular flexibility index (Phi) is 6.37. The molecule has 0 fully saturated rings. The SMILES string of the molecule is Cc1cccc(C(=O)NNC(=O)c2ccc(NC(=O)Cc3ccccc3)cc2)c1. The smallest absolute Gasteiger partial charge is 0.269 e. The Balaban J connectivity index is 1.52. The number of benzene rings is 3. The standard InChI is InChI=1S/C23H21N3O3/c1-16-6-5-9-19(14-16)23(29)26-25-22(28)18-10-12-20(13-11-18)24-21(27)15-17-7-3-2-4-8-17/h2-14H,15H2,1H3,(H,24,27)(H,25,28)(H,26,29). The fraction of sp³-hybridized carbons (Fsp3) is 0.0870. The molecular formula is C23H21N3O3. The van der Waals surface area contributed by atoms with Crippen LogP contribution in [-0.4, -0.2) is 17.7 Å². The summed E-state index contributed by atoms with van der Waals surface area (Å²) < 4.78 is 0. The van der Waals surface area contributed by atoms with Crippen LogP contribution in [0.5, 0.6) is 0 Å². The first-order valence-corrected chi connectivity index (χ1v) is 9.12. The van der Waals surface area contributed by atoms with Gasteiger partial charge in [-0.1, -0.05) is 48.0 Å². The Morgan fingerprint density at radius 3 is 2.03 bits per heavy atom. The van der Waals surface area contributed by atoms with Gasteiger partial charge in [0.1, 0.15) is 0 Å². The second-order valence-corrected chi connectivity index (χ2v) is 6.57. The molecule has 3 rings (SSSR count). The van der Waals surface area contributed by atoms with Crippen molar-refractivity contribution >= 4 is 23.4 Å². The molecule has 3 aromatic carbocycles. The van der Waals surface area contributed by atoms with Crippen LogP contribution in [-0.2, 0) is 11.2 Å². The van der Waals surface area contributed by atoms with Gasteiger partial charge < -0.3 is 5.32 Å². The summed E-state index contributed by atoms with van der Waals surface area (Å²) in [5, 5.41) is 2.79. The molecule has 0 unspecified atom stereocenters. The minimum absolute atomic E-state index is 0.140. The molecule has 0 atom stereocenters. The number of rotatable bonds is 5. The zero-order chi connectivity index (χ0) is 20.6. The lowest BCUT2D eigenvalue weighted by Gasteiger charge is -2.09. The largest absolute Gasteiger partial charge is 0.326 e. The summed E-state index contributed by atoms with van der Waals surface area (Å²) in [5.41, 5.74) is 8.05. The normalized spacial score (nSPS) is 10.1. The van der Waals surface area contributed by atoms with Crippen molar-refractivity contribution in [1.82, 2.24) is 10.9 Å². The average Bonchev–Trinajstić information content (AvgIpc) is 2.73. The number of hydrazine groups is 1. The quantitative estimate of drug-likeness (QED) is 0.587. The zero-order valence-electron chi connectivity index (χ0n) is 15.9. The van der Waals surface area contributed by atoms with E-state index >= 15 is 0 Å². The van der Waals surface area contributed by atoms with E-state index in [0.717, 1.165) is 11.1 Å². The highest BCUT2D eigenvalue weighted by Crippen LogP contribution is 2.11. The molecule has 3 aromatic rings. The fourth-order valence-electron chi connectivity index (χ4n) is 2.74. The maximum absolute atomic E-state index is 12.2. The molecule has 0 radical (unpaired) electrons. The van der Waals surface area contributed by atoms with E-state index < -0.39 is 11.8 Å². The first-order valence-electron chi connectivity index (χ1n) is 9.12. The lowest BCUT2D eigenvalue weighted by molar-refractivity contribution is -0.115. The monoisotopic (exact) mass is 387 g/mol. The van der Waals surface area contributed by atoms with Crippen molar-refractivity contribution in [2.75, 3.05) is 5.32 Å². The maximum Gasteiger partial charge on any atom is 0.269 e. The lowest BCUT2D eigenvalue weighted by atomic mass is 10.1. The summed E-state index contributed by atoms with van der Waals surface area (Å²) in [5.74, 6) is -0.987. The summed E-state index contributed by atoms with van der Waals surface area (Å²) in [6, 6.07) is 22.9. The summed E-state index contributed by atoms with van der Waals surface area (Å²) in [4.78, 5) is 36.4. The lowest BCUT2D eigenvalue weighted by Crippen LogP contribution is -2.41. The van der Waals surface area contributed by atoms with Gasteiger partial charge in [-0.05, 0) is 48.9 Å². The van der Waals surface area contributed by atoms with Gasteiger partial charge in [-0.15, -0.1) is 0 Å². The third-order valence-corrected chi connectivity index (χ3v) is 4.21. The van der Waals surface area contributed by atoms with Gasteiger partial charge in [0.25, 0.3) is 11.8 Å². The molecule has 6 nitrogen and oxygen atoms in total. The van der Waals surface area contributed by atoms with Crippen LogP contribution in [0.4, 0.5) is 5.69 Å². The number of carbonyl (C=O) groups excluding carboxylic acids is 3. The maximum atomic E-state index is 12.2. The van der Waals surface area contributed by atoms with Gasteiger partial charge >= 0.3 is 0 Å². The highest BCUT2D eigenvalue weighted by Gasteiger charge is 2.10. The van der Waals surface area contributed by atoms with Gasteiger partial charge in [-0.25, -0.2) is 0 Å². The van der Waals surface area contributed by atoms with Crippen LogP contribution < -0.4 is 16.2 Å². The highest BCUT2D eigenvalue weighted by molar-refractivity contribution is 5.99. The molecule has 3 amide bonds. The number of hydrogen-bond acceptors (Lipinski definition) is 3. The zero-order valence-corrected chi connectivity index (χ0v) is 15.9. The Hall–Kier alpha value is -3.93. The van der Waals surface area contributed by atoms with Crippen LogP contribution >= 0.6 is 0 Å². The van der Waals surface area contributed by atoms with Crippen molar-refractivity contribution in [2.24, 2.45) is 0 Å². The predicted molar refractivity (Wildman–Crippen MR) is 111 cm³/mol. The van der Waals surface area contributed by atoms with E-state index in [1.54, 1.807) is 42.5 Å². The number of hydrogen-bond donors (Lipinski definition) is 3. The molecule has 0 aliphatic heterocycles. The van der Waals surface area contributed by atoms with Crippen molar-refractivity contribution < 1.29 is 14.4 Å². The topological polar surface area (TPSA) is 87.3 Å². The second kappa shape index (κ2) is 9.32. The Morgan fingerprint density at radius 2 is 1.38 bits per heavy atom. The molecule has 6 heteroatoms. The predicted octanol–water partition coefficient (Wildman–Crippen LogP) is 3.25. The van der Waals surface area contributed by atoms with Crippen LogP contribution in [0.3, 0.4) is 0 Å². The molecule has 0 heterocycles. The van der Waals surface area contributed by atoms with Crippen molar-refractivity contribution in [2.45, 2.75) is 13.3 Å². The molecule has 0 aromatic heterocycles. The van der Waals surface area contributed by atoms with Crippen LogP contribution in [0.2, 0.25) is 0 Å². The van der Waals surface area contributed by atoms with Gasteiger partial charge in [0.2, 0.25) is 5.91 Å². The van der Waals surface area contributed by atoms with Gasteiger partial charge in [-0.2, -0.15) is 0 Å². The minimum atomic E-state index is -0.451. The second-order valence-electron chi connectivity index (χ2n) is 6.57. The van der Waals surface area contributed by atoms with Crippen molar-refractivity contribution in [3.05, 3.63) is 101 Å². The third kappa shape index (κ3) is 5.77. The molecule has 0 spiro atoms. The van der Waals surface area contributed by atoms with Crippen molar-refractivity contribution in [3.8, 4) is 0 Å². The van der Waals surface area contributed by atoms with E-state index in [1.807, 2.05) is 43.3 Å². The number of aryl methyl sites for hydroxylation is 1. The number of nitrogens with one attached hydrogen (secondary N) is 3. The molecule has 0 aliphatic rings. The number of anilines is 1. The van der Waals surface area contributed by atoms with Crippen LogP contribution in [0.15, 0.2) is 78.9 Å². The summed E-state index contributed by atoms with van der Waals surface area (Å²) in [6.45, 7) is 1.88. The van der Waals surface area contributed by atoms with E-state index in [4.69, 9.17) is 0 Å². The molecule has 3 N–H and O–H groups in total. The van der Waals surface area contributed by atoms with E-state index in [-0.39, 0.29) is 12.3 Å². The molecule has 29 heavy (non-hydrogen) atoms. The average molecular weight is 387 g/mol. The van der Waals surface area contributed by atoms with Gasteiger partial charge in [0.15, 0.2) is 0 Å². The molecular weight excluding hydrogens is 366 g/mol. The first kappa shape index (κ1) is 19.8. The highest BCUT2D eigenvalue weighted by atomic mass is 16.2. The van der Waals surface area contributed by atoms with E-state index in [1.165, 1.54) is 0 Å². The summed E-state index contributed by atoms with van der Waals surface area (Å²) in [7, 11) is 0. The molecule has 0 saturated heterocycles. The Morgan fingerprint density at radius 1 is 0.724 bits per heavy atom. The molecule has 0 aliphatic carbocycles. The third-order valence-electron chi connectivity index (χ3n) is 4.21. The van der Waals surface area contributed by atoms with Crippen LogP contribution in [0, 0.1) is 6.92 Å². The molecule has 146 valence electrons. The van der Waals surface area contributed by atoms with Crippen LogP contribution in [0.1, 0.15) is 31.8 Å². The van der Waals surface area contributed by atoms with Crippen molar-refractivity contribution in [1.29, 1.82) is 0 Å². The van der Waals surface area contributed by atoms with Crippen molar-refractivity contribution in [3.63, 3.8) is 0 Å². The molecule has 0 bridgehead atoms. The van der Waals surface area contributed by atoms with Gasteiger partial charge in [0.05, 0.1) is 6.42 Å². The summed E-state index contributed by atoms with van der Waals surface area (Å²) in [6.07, 6.45) is 0.272. The molecule has 0 saturated carbocycles. The minimum Gasteiger partial charge on any atom is -0.326 e. The van der Waals surface area contributed by atoms with Gasteiger partial charge in [0, 0.05) is 16.8 Å². The first-order chi connectivity index (χ1) is 14.0. The summed E-state index contributed by atoms with van der Waals surface area (Å²) >= 11 is 0. The van der Waals surface area contributed by atoms with E-state index in [2.05, 4.69) is 16.2 Å². The van der Waals surface area contributed by atoms with Gasteiger partial charge in [-0.3, -0.25) is 25.2 Å².